The summed E-state index contributed by atoms with van der Waals surface area (Å²) in [5.41, 5.74) is 2.51. The molecule has 5 nitrogen and oxygen atoms in total. The van der Waals surface area contributed by atoms with Gasteiger partial charge in [0.25, 0.3) is 0 Å². The Hall–Kier alpha value is -3.60. The fraction of sp³-hybridized carbons (Fsp3) is 0.286. The van der Waals surface area contributed by atoms with E-state index in [1.54, 1.807) is 0 Å². The summed E-state index contributed by atoms with van der Waals surface area (Å²) in [6.45, 7) is 3.54. The second-order valence-electron chi connectivity index (χ2n) is 8.69. The van der Waals surface area contributed by atoms with Crippen molar-refractivity contribution in [1.82, 2.24) is 15.5 Å². The zero-order valence-electron chi connectivity index (χ0n) is 19.0. The van der Waals surface area contributed by atoms with Gasteiger partial charge in [0, 0.05) is 19.6 Å². The van der Waals surface area contributed by atoms with Crippen LogP contribution in [0.5, 0.6) is 0 Å². The highest BCUT2D eigenvalue weighted by Crippen LogP contribution is 2.36. The standard InChI is InChI=1S/C28H31N3O2/c1-22(24-13-7-3-8-14-24)30-27(33)31-19-17-28(18-20-31,25-15-9-4-10-16-25)26(32)29-21-23-11-5-2-6-12-23/h2-16,22H,17-21H2,1H3,(H,29,32)(H,30,33). The second-order valence-corrected chi connectivity index (χ2v) is 8.69. The van der Waals surface area contributed by atoms with Gasteiger partial charge in [-0.1, -0.05) is 91.0 Å². The smallest absolute Gasteiger partial charge is 0.317 e. The molecule has 0 spiro atoms. The molecule has 1 unspecified atom stereocenters. The van der Waals surface area contributed by atoms with Crippen molar-refractivity contribution in [2.45, 2.75) is 37.8 Å². The first kappa shape index (κ1) is 22.6. The summed E-state index contributed by atoms with van der Waals surface area (Å²) in [5.74, 6) is 0.0234. The van der Waals surface area contributed by atoms with E-state index < -0.39 is 5.41 Å². The molecule has 0 aliphatic carbocycles. The van der Waals surface area contributed by atoms with Crippen molar-refractivity contribution >= 4 is 11.9 Å². The van der Waals surface area contributed by atoms with E-state index in [1.807, 2.05) is 103 Å². The van der Waals surface area contributed by atoms with Crippen LogP contribution in [0.4, 0.5) is 4.79 Å². The molecule has 3 amide bonds. The largest absolute Gasteiger partial charge is 0.351 e. The summed E-state index contributed by atoms with van der Waals surface area (Å²) in [5, 5.41) is 6.24. The van der Waals surface area contributed by atoms with Crippen LogP contribution in [0.3, 0.4) is 0 Å². The zero-order valence-corrected chi connectivity index (χ0v) is 19.0. The predicted molar refractivity (Wildman–Crippen MR) is 131 cm³/mol. The summed E-state index contributed by atoms with van der Waals surface area (Å²) in [6.07, 6.45) is 1.18. The SMILES string of the molecule is CC(NC(=O)N1CCC(C(=O)NCc2ccccc2)(c2ccccc2)CC1)c1ccccc1. The average molecular weight is 442 g/mol. The molecule has 170 valence electrons. The number of carbonyl (C=O) groups excluding carboxylic acids is 2. The van der Waals surface area contributed by atoms with Crippen LogP contribution in [0.2, 0.25) is 0 Å². The molecule has 0 aromatic heterocycles. The molecule has 33 heavy (non-hydrogen) atoms. The number of amides is 3. The van der Waals surface area contributed by atoms with Crippen molar-refractivity contribution in [3.63, 3.8) is 0 Å². The van der Waals surface area contributed by atoms with Crippen molar-refractivity contribution in [2.24, 2.45) is 0 Å². The zero-order chi connectivity index (χ0) is 23.1. The van der Waals surface area contributed by atoms with Gasteiger partial charge < -0.3 is 15.5 Å². The van der Waals surface area contributed by atoms with Gasteiger partial charge in [0.2, 0.25) is 5.91 Å². The van der Waals surface area contributed by atoms with Crippen LogP contribution in [0, 0.1) is 0 Å². The van der Waals surface area contributed by atoms with Gasteiger partial charge in [0.15, 0.2) is 0 Å². The molecule has 5 heteroatoms. The monoisotopic (exact) mass is 441 g/mol. The van der Waals surface area contributed by atoms with Crippen LogP contribution in [-0.2, 0) is 16.8 Å². The van der Waals surface area contributed by atoms with E-state index in [1.165, 1.54) is 0 Å². The molecule has 3 aromatic rings. The first-order valence-corrected chi connectivity index (χ1v) is 11.6. The normalized spacial score (nSPS) is 16.0. The quantitative estimate of drug-likeness (QED) is 0.577. The van der Waals surface area contributed by atoms with Crippen molar-refractivity contribution in [1.29, 1.82) is 0 Å². The van der Waals surface area contributed by atoms with E-state index in [0.717, 1.165) is 16.7 Å². The molecule has 3 aromatic carbocycles. The Morgan fingerprint density at radius 3 is 2.00 bits per heavy atom. The Morgan fingerprint density at radius 2 is 1.39 bits per heavy atom. The van der Waals surface area contributed by atoms with E-state index in [4.69, 9.17) is 0 Å². The number of benzene rings is 3. The van der Waals surface area contributed by atoms with Crippen molar-refractivity contribution < 1.29 is 9.59 Å². The Morgan fingerprint density at radius 1 is 0.848 bits per heavy atom. The van der Waals surface area contributed by atoms with Crippen molar-refractivity contribution in [3.05, 3.63) is 108 Å². The third-order valence-electron chi connectivity index (χ3n) is 6.60. The maximum atomic E-state index is 13.5. The molecule has 1 fully saturated rings. The number of piperidine rings is 1. The van der Waals surface area contributed by atoms with Gasteiger partial charge in [-0.3, -0.25) is 4.79 Å². The first-order valence-electron chi connectivity index (χ1n) is 11.6. The number of urea groups is 1. The third-order valence-corrected chi connectivity index (χ3v) is 6.60. The molecule has 4 rings (SSSR count). The number of hydrogen-bond donors (Lipinski definition) is 2. The van der Waals surface area contributed by atoms with Crippen LogP contribution in [0.25, 0.3) is 0 Å². The molecule has 0 bridgehead atoms. The lowest BCUT2D eigenvalue weighted by Gasteiger charge is -2.41. The molecular weight excluding hydrogens is 410 g/mol. The van der Waals surface area contributed by atoms with Crippen LogP contribution in [0.15, 0.2) is 91.0 Å². The van der Waals surface area contributed by atoms with Gasteiger partial charge in [-0.2, -0.15) is 0 Å². The summed E-state index contributed by atoms with van der Waals surface area (Å²) in [4.78, 5) is 28.3. The fourth-order valence-corrected chi connectivity index (χ4v) is 4.54. The van der Waals surface area contributed by atoms with Gasteiger partial charge in [0.05, 0.1) is 11.5 Å². The Kier molecular flexibility index (Phi) is 7.08. The average Bonchev–Trinajstić information content (AvgIpc) is 2.89. The molecule has 1 aliphatic rings. The molecule has 0 saturated carbocycles. The maximum Gasteiger partial charge on any atom is 0.317 e. The van der Waals surface area contributed by atoms with E-state index >= 15 is 0 Å². The van der Waals surface area contributed by atoms with E-state index in [9.17, 15) is 9.59 Å². The highest BCUT2D eigenvalue weighted by Gasteiger charge is 2.43. The molecule has 2 N–H and O–H groups in total. The first-order chi connectivity index (χ1) is 16.1. The lowest BCUT2D eigenvalue weighted by Crippen LogP contribution is -2.54. The van der Waals surface area contributed by atoms with Crippen LogP contribution in [-0.4, -0.2) is 29.9 Å². The second kappa shape index (κ2) is 10.3. The molecule has 1 aliphatic heterocycles. The van der Waals surface area contributed by atoms with Crippen molar-refractivity contribution in [2.75, 3.05) is 13.1 Å². The number of likely N-dealkylation sites (tertiary alicyclic amines) is 1. The predicted octanol–water partition coefficient (Wildman–Crippen LogP) is 4.81. The number of rotatable bonds is 6. The maximum absolute atomic E-state index is 13.5. The topological polar surface area (TPSA) is 61.4 Å². The lowest BCUT2D eigenvalue weighted by atomic mass is 9.72. The Bertz CT molecular complexity index is 1050. The van der Waals surface area contributed by atoms with Gasteiger partial charge in [-0.15, -0.1) is 0 Å². The molecular formula is C28H31N3O2. The number of nitrogens with zero attached hydrogens (tertiary/aromatic N) is 1. The van der Waals surface area contributed by atoms with Gasteiger partial charge >= 0.3 is 6.03 Å². The van der Waals surface area contributed by atoms with Gasteiger partial charge in [-0.05, 0) is 36.5 Å². The minimum Gasteiger partial charge on any atom is -0.351 e. The highest BCUT2D eigenvalue weighted by atomic mass is 16.2. The highest BCUT2D eigenvalue weighted by molar-refractivity contribution is 5.89. The number of hydrogen-bond acceptors (Lipinski definition) is 2. The van der Waals surface area contributed by atoms with E-state index in [-0.39, 0.29) is 18.0 Å². The minimum absolute atomic E-state index is 0.0234. The van der Waals surface area contributed by atoms with Crippen LogP contribution in [0.1, 0.15) is 42.5 Å². The summed E-state index contributed by atoms with van der Waals surface area (Å²) >= 11 is 0. The summed E-state index contributed by atoms with van der Waals surface area (Å²) < 4.78 is 0. The fourth-order valence-electron chi connectivity index (χ4n) is 4.54. The van der Waals surface area contributed by atoms with Gasteiger partial charge in [-0.25, -0.2) is 4.79 Å². The Balaban J connectivity index is 1.44. The molecule has 0 radical (unpaired) electrons. The van der Waals surface area contributed by atoms with E-state index in [0.29, 0.717) is 32.5 Å². The lowest BCUT2D eigenvalue weighted by molar-refractivity contribution is -0.128. The molecule has 1 heterocycles. The molecule has 1 saturated heterocycles. The van der Waals surface area contributed by atoms with Gasteiger partial charge in [0.1, 0.15) is 0 Å². The summed E-state index contributed by atoms with van der Waals surface area (Å²) in [7, 11) is 0. The Labute approximate surface area is 195 Å². The van der Waals surface area contributed by atoms with Crippen LogP contribution >= 0.6 is 0 Å². The van der Waals surface area contributed by atoms with Crippen molar-refractivity contribution in [3.8, 4) is 0 Å². The number of carbonyl (C=O) groups is 2. The molecule has 1 atom stereocenters. The van der Waals surface area contributed by atoms with Crippen LogP contribution < -0.4 is 10.6 Å². The van der Waals surface area contributed by atoms with E-state index in [2.05, 4.69) is 10.6 Å². The minimum atomic E-state index is -0.641. The third kappa shape index (κ3) is 5.25. The number of nitrogens with one attached hydrogen (secondary N) is 2. The summed E-state index contributed by atoms with van der Waals surface area (Å²) in [6, 6.07) is 29.7.